The maximum Gasteiger partial charge on any atom is 0.162 e. The largest absolute Gasteiger partial charge is 0.508 e. The summed E-state index contributed by atoms with van der Waals surface area (Å²) in [6.07, 6.45) is 1.57. The second-order valence-corrected chi connectivity index (χ2v) is 6.00. The molecule has 6 heteroatoms. The third-order valence-electron chi connectivity index (χ3n) is 4.03. The Morgan fingerprint density at radius 2 is 2.00 bits per heavy atom. The molecule has 23 heavy (non-hydrogen) atoms. The second kappa shape index (κ2) is 4.81. The Hall–Kier alpha value is -2.89. The van der Waals surface area contributed by atoms with E-state index in [-0.39, 0.29) is 11.8 Å². The molecule has 0 saturated heterocycles. The minimum atomic E-state index is 0.203. The quantitative estimate of drug-likeness (QED) is 0.593. The topological polar surface area (TPSA) is 79.6 Å². The van der Waals surface area contributed by atoms with Crippen molar-refractivity contribution in [3.63, 3.8) is 0 Å². The van der Waals surface area contributed by atoms with Crippen molar-refractivity contribution in [3.05, 3.63) is 36.3 Å². The van der Waals surface area contributed by atoms with Gasteiger partial charge in [0.25, 0.3) is 0 Å². The molecule has 0 aliphatic carbocycles. The fourth-order valence-electron chi connectivity index (χ4n) is 2.91. The van der Waals surface area contributed by atoms with Gasteiger partial charge in [-0.25, -0.2) is 14.6 Å². The summed E-state index contributed by atoms with van der Waals surface area (Å²) >= 11 is 0. The van der Waals surface area contributed by atoms with E-state index in [1.165, 1.54) is 0 Å². The average molecular weight is 307 g/mol. The van der Waals surface area contributed by atoms with Crippen molar-refractivity contribution in [3.8, 4) is 17.1 Å². The highest BCUT2D eigenvalue weighted by molar-refractivity contribution is 5.96. The molecule has 0 radical (unpaired) electrons. The summed E-state index contributed by atoms with van der Waals surface area (Å²) in [5, 5.41) is 16.3. The van der Waals surface area contributed by atoms with Crippen LogP contribution in [0.4, 0.5) is 0 Å². The summed E-state index contributed by atoms with van der Waals surface area (Å²) in [4.78, 5) is 12.1. The van der Waals surface area contributed by atoms with E-state index in [1.54, 1.807) is 18.5 Å². The summed E-state index contributed by atoms with van der Waals surface area (Å²) in [6.45, 7) is 6.13. The normalized spacial score (nSPS) is 11.8. The van der Waals surface area contributed by atoms with Crippen molar-refractivity contribution < 1.29 is 5.11 Å². The van der Waals surface area contributed by atoms with E-state index in [4.69, 9.17) is 5.10 Å². The predicted molar refractivity (Wildman–Crippen MR) is 89.4 cm³/mol. The van der Waals surface area contributed by atoms with Crippen LogP contribution >= 0.6 is 0 Å². The average Bonchev–Trinajstić information content (AvgIpc) is 3.08. The van der Waals surface area contributed by atoms with Crippen molar-refractivity contribution in [1.82, 2.24) is 24.7 Å². The van der Waals surface area contributed by atoms with Gasteiger partial charge in [0.05, 0.1) is 16.8 Å². The molecule has 0 spiro atoms. The lowest BCUT2D eigenvalue weighted by atomic mass is 10.2. The molecule has 0 aliphatic heterocycles. The molecule has 2 N–H and O–H groups in total. The molecule has 0 fully saturated rings. The molecule has 0 atom stereocenters. The summed E-state index contributed by atoms with van der Waals surface area (Å²) in [5.74, 6) is 0.250. The number of nitrogens with one attached hydrogen (secondary N) is 1. The van der Waals surface area contributed by atoms with E-state index in [9.17, 15) is 5.11 Å². The third-order valence-corrected chi connectivity index (χ3v) is 4.03. The maximum absolute atomic E-state index is 9.65. The van der Waals surface area contributed by atoms with Gasteiger partial charge in [-0.15, -0.1) is 0 Å². The van der Waals surface area contributed by atoms with Gasteiger partial charge in [0.1, 0.15) is 17.8 Å². The first-order valence-corrected chi connectivity index (χ1v) is 7.56. The van der Waals surface area contributed by atoms with Crippen LogP contribution in [0.15, 0.2) is 30.6 Å². The number of nitrogens with zero attached hydrogens (tertiary/aromatic N) is 4. The third kappa shape index (κ3) is 2.06. The molecule has 116 valence electrons. The van der Waals surface area contributed by atoms with E-state index in [2.05, 4.69) is 28.8 Å². The Morgan fingerprint density at radius 1 is 1.17 bits per heavy atom. The number of phenolic OH excluding ortho intramolecular Hbond substituents is 1. The van der Waals surface area contributed by atoms with Crippen LogP contribution in [0.2, 0.25) is 0 Å². The number of hydrogen-bond acceptors (Lipinski definition) is 4. The number of phenols is 1. The second-order valence-electron chi connectivity index (χ2n) is 6.00. The summed E-state index contributed by atoms with van der Waals surface area (Å²) in [6, 6.07) is 7.46. The number of aromatic hydroxyl groups is 1. The SMILES string of the molecule is Cc1ncnc2c1c(-c1cc3cc(O)ccc3[nH]1)nn2C(C)C. The Balaban J connectivity index is 2.03. The lowest BCUT2D eigenvalue weighted by Crippen LogP contribution is -2.03. The standard InChI is InChI=1S/C17H17N5O/c1-9(2)22-17-15(10(3)18-8-19-17)16(21-22)14-7-11-6-12(23)4-5-13(11)20-14/h4-9,20,23H,1-3H3. The highest BCUT2D eigenvalue weighted by atomic mass is 16.3. The van der Waals surface area contributed by atoms with Crippen LogP contribution in [-0.4, -0.2) is 29.8 Å². The van der Waals surface area contributed by atoms with Crippen LogP contribution < -0.4 is 0 Å². The van der Waals surface area contributed by atoms with Gasteiger partial charge in [0, 0.05) is 16.9 Å². The van der Waals surface area contributed by atoms with Gasteiger partial charge in [-0.1, -0.05) is 0 Å². The van der Waals surface area contributed by atoms with Crippen LogP contribution in [0.25, 0.3) is 33.3 Å². The molecule has 0 unspecified atom stereocenters. The Bertz CT molecular complexity index is 1030. The molecule has 4 aromatic rings. The smallest absolute Gasteiger partial charge is 0.162 e. The molecule has 0 amide bonds. The van der Waals surface area contributed by atoms with Crippen LogP contribution in [0, 0.1) is 6.92 Å². The van der Waals surface area contributed by atoms with Gasteiger partial charge in [-0.3, -0.25) is 0 Å². The first-order valence-electron chi connectivity index (χ1n) is 7.56. The minimum Gasteiger partial charge on any atom is -0.508 e. The number of aryl methyl sites for hydroxylation is 1. The summed E-state index contributed by atoms with van der Waals surface area (Å²) in [7, 11) is 0. The zero-order valence-corrected chi connectivity index (χ0v) is 13.2. The lowest BCUT2D eigenvalue weighted by molar-refractivity contribution is 0.476. The van der Waals surface area contributed by atoms with Gasteiger partial charge in [0.2, 0.25) is 0 Å². The zero-order valence-electron chi connectivity index (χ0n) is 13.2. The van der Waals surface area contributed by atoms with Crippen LogP contribution in [0.1, 0.15) is 25.6 Å². The van der Waals surface area contributed by atoms with E-state index in [0.717, 1.165) is 39.0 Å². The molecule has 3 aromatic heterocycles. The predicted octanol–water partition coefficient (Wildman–Crippen LogP) is 3.57. The number of fused-ring (bicyclic) bond motifs is 2. The molecule has 0 aliphatic rings. The Kier molecular flexibility index (Phi) is 2.87. The van der Waals surface area contributed by atoms with E-state index >= 15 is 0 Å². The van der Waals surface area contributed by atoms with Crippen LogP contribution in [0.5, 0.6) is 5.75 Å². The van der Waals surface area contributed by atoms with Crippen LogP contribution in [-0.2, 0) is 0 Å². The van der Waals surface area contributed by atoms with E-state index in [1.807, 2.05) is 23.7 Å². The number of aromatic amines is 1. The molecule has 3 heterocycles. The molecule has 4 rings (SSSR count). The van der Waals surface area contributed by atoms with Crippen molar-refractivity contribution in [1.29, 1.82) is 0 Å². The summed E-state index contributed by atoms with van der Waals surface area (Å²) < 4.78 is 1.92. The monoisotopic (exact) mass is 307 g/mol. The number of H-pyrrole nitrogens is 1. The number of rotatable bonds is 2. The number of hydrogen-bond donors (Lipinski definition) is 2. The van der Waals surface area contributed by atoms with Gasteiger partial charge in [0.15, 0.2) is 5.65 Å². The fraction of sp³-hybridized carbons (Fsp3) is 0.235. The Morgan fingerprint density at radius 3 is 2.78 bits per heavy atom. The molecule has 0 bridgehead atoms. The first-order chi connectivity index (χ1) is 11.0. The van der Waals surface area contributed by atoms with E-state index in [0.29, 0.717) is 0 Å². The van der Waals surface area contributed by atoms with Gasteiger partial charge >= 0.3 is 0 Å². The van der Waals surface area contributed by atoms with Crippen molar-refractivity contribution in [2.24, 2.45) is 0 Å². The van der Waals surface area contributed by atoms with Gasteiger partial charge in [-0.05, 0) is 45.0 Å². The summed E-state index contributed by atoms with van der Waals surface area (Å²) in [5.41, 5.74) is 4.43. The highest BCUT2D eigenvalue weighted by Gasteiger charge is 2.19. The van der Waals surface area contributed by atoms with Crippen molar-refractivity contribution in [2.45, 2.75) is 26.8 Å². The molecular weight excluding hydrogens is 290 g/mol. The van der Waals surface area contributed by atoms with E-state index < -0.39 is 0 Å². The van der Waals surface area contributed by atoms with Crippen molar-refractivity contribution >= 4 is 21.9 Å². The number of benzene rings is 1. The van der Waals surface area contributed by atoms with Crippen molar-refractivity contribution in [2.75, 3.05) is 0 Å². The molecule has 1 aromatic carbocycles. The highest BCUT2D eigenvalue weighted by Crippen LogP contribution is 2.32. The molecule has 6 nitrogen and oxygen atoms in total. The van der Waals surface area contributed by atoms with Gasteiger partial charge in [-0.2, -0.15) is 5.10 Å². The molecule has 0 saturated carbocycles. The van der Waals surface area contributed by atoms with Crippen LogP contribution in [0.3, 0.4) is 0 Å². The first kappa shape index (κ1) is 13.8. The van der Waals surface area contributed by atoms with Gasteiger partial charge < -0.3 is 10.1 Å². The zero-order chi connectivity index (χ0) is 16.1. The lowest BCUT2D eigenvalue weighted by Gasteiger charge is -2.05. The fourth-order valence-corrected chi connectivity index (χ4v) is 2.91. The number of aromatic nitrogens is 5. The molecular formula is C17H17N5O. The maximum atomic E-state index is 9.65. The Labute approximate surface area is 132 Å². The minimum absolute atomic E-state index is 0.203.